The van der Waals surface area contributed by atoms with Crippen LogP contribution in [0, 0.1) is 0 Å². The van der Waals surface area contributed by atoms with E-state index in [4.69, 9.17) is 23.2 Å². The minimum absolute atomic E-state index is 0.130. The van der Waals surface area contributed by atoms with Gasteiger partial charge in [-0.3, -0.25) is 19.2 Å². The van der Waals surface area contributed by atoms with Crippen molar-refractivity contribution in [2.75, 3.05) is 0 Å². The Morgan fingerprint density at radius 1 is 0.429 bits per heavy atom. The minimum atomic E-state index is -0.501. The monoisotopic (exact) mass is 406 g/mol. The normalized spacial score (nSPS) is 11.8. The van der Waals surface area contributed by atoms with Crippen molar-refractivity contribution in [1.29, 1.82) is 0 Å². The summed E-state index contributed by atoms with van der Waals surface area (Å²) in [5.74, 6) is 0. The van der Waals surface area contributed by atoms with E-state index in [0.717, 1.165) is 0 Å². The fourth-order valence-corrected chi connectivity index (χ4v) is 4.56. The second kappa shape index (κ2) is 5.71. The van der Waals surface area contributed by atoms with Gasteiger partial charge in [-0.25, -0.2) is 0 Å². The Kier molecular flexibility index (Phi) is 3.48. The van der Waals surface area contributed by atoms with Crippen LogP contribution in [-0.4, -0.2) is 0 Å². The van der Waals surface area contributed by atoms with E-state index in [0.29, 0.717) is 0 Å². The molecule has 4 nitrogen and oxygen atoms in total. The summed E-state index contributed by atoms with van der Waals surface area (Å²) in [6.45, 7) is 0. The molecule has 5 rings (SSSR count). The fourth-order valence-electron chi connectivity index (χ4n) is 3.84. The first-order chi connectivity index (χ1) is 13.4. The molecular formula is C22H8Cl2O4. The van der Waals surface area contributed by atoms with Crippen LogP contribution in [0.15, 0.2) is 67.7 Å². The SMILES string of the molecule is O=c1c2ccccc2c(=O)c2c(Cl)c3c(=O)c4ccccc4c(=O)c3c(Cl)c12. The average molecular weight is 407 g/mol. The van der Waals surface area contributed by atoms with E-state index in [9.17, 15) is 19.2 Å². The van der Waals surface area contributed by atoms with Gasteiger partial charge in [-0.05, 0) is 0 Å². The van der Waals surface area contributed by atoms with Gasteiger partial charge in [0.25, 0.3) is 0 Å². The summed E-state index contributed by atoms with van der Waals surface area (Å²) in [5.41, 5.74) is -2.00. The van der Waals surface area contributed by atoms with Crippen LogP contribution in [0.2, 0.25) is 10.0 Å². The molecule has 5 aromatic carbocycles. The van der Waals surface area contributed by atoms with Crippen LogP contribution < -0.4 is 21.7 Å². The van der Waals surface area contributed by atoms with Crippen LogP contribution in [0.1, 0.15) is 0 Å². The lowest BCUT2D eigenvalue weighted by molar-refractivity contribution is 1.64. The Bertz CT molecular complexity index is 1460. The quantitative estimate of drug-likeness (QED) is 0.365. The topological polar surface area (TPSA) is 68.3 Å². The predicted octanol–water partition coefficient (Wildman–Crippen LogP) is 3.92. The largest absolute Gasteiger partial charge is 0.289 e. The van der Waals surface area contributed by atoms with E-state index in [1.165, 1.54) is 24.3 Å². The highest BCUT2D eigenvalue weighted by Crippen LogP contribution is 2.35. The molecular weight excluding hydrogens is 399 g/mol. The standard InChI is InChI=1S/C22H8Cl2O4/c23-17-13-14(20(26)10-6-2-1-5-9(10)19(13)25)18(24)16-15(17)21(27)11-7-3-4-8-12(11)22(16)28/h1-8H. The van der Waals surface area contributed by atoms with Gasteiger partial charge in [0.2, 0.25) is 0 Å². The van der Waals surface area contributed by atoms with Gasteiger partial charge in [0, 0.05) is 21.5 Å². The molecule has 0 heterocycles. The summed E-state index contributed by atoms with van der Waals surface area (Å²) in [7, 11) is 0. The van der Waals surface area contributed by atoms with E-state index < -0.39 is 21.7 Å². The lowest BCUT2D eigenvalue weighted by Crippen LogP contribution is -2.19. The Balaban J connectivity index is 2.27. The minimum Gasteiger partial charge on any atom is -0.289 e. The van der Waals surface area contributed by atoms with Crippen molar-refractivity contribution in [3.63, 3.8) is 0 Å². The zero-order chi connectivity index (χ0) is 19.7. The van der Waals surface area contributed by atoms with Crippen LogP contribution >= 0.6 is 23.2 Å². The number of benzene rings is 5. The van der Waals surface area contributed by atoms with Crippen molar-refractivity contribution >= 4 is 66.3 Å². The smallest absolute Gasteiger partial charge is 0.196 e. The summed E-state index contributed by atoms with van der Waals surface area (Å²) in [4.78, 5) is 52.2. The van der Waals surface area contributed by atoms with Gasteiger partial charge in [0.15, 0.2) is 21.7 Å². The lowest BCUT2D eigenvalue weighted by Gasteiger charge is -2.10. The fraction of sp³-hybridized carbons (Fsp3) is 0. The zero-order valence-corrected chi connectivity index (χ0v) is 15.5. The first-order valence-electron chi connectivity index (χ1n) is 8.35. The highest BCUT2D eigenvalue weighted by Gasteiger charge is 2.24. The molecule has 0 fully saturated rings. The summed E-state index contributed by atoms with van der Waals surface area (Å²) >= 11 is 12.9. The molecule has 0 bridgehead atoms. The van der Waals surface area contributed by atoms with Gasteiger partial charge in [-0.1, -0.05) is 71.7 Å². The number of halogens is 2. The van der Waals surface area contributed by atoms with E-state index >= 15 is 0 Å². The van der Waals surface area contributed by atoms with E-state index in [1.54, 1.807) is 24.3 Å². The number of hydrogen-bond donors (Lipinski definition) is 0. The van der Waals surface area contributed by atoms with Crippen molar-refractivity contribution < 1.29 is 0 Å². The van der Waals surface area contributed by atoms with Crippen molar-refractivity contribution in [3.05, 3.63) is 99.5 Å². The molecule has 0 aromatic heterocycles. The van der Waals surface area contributed by atoms with E-state index in [2.05, 4.69) is 0 Å². The van der Waals surface area contributed by atoms with Crippen LogP contribution in [0.5, 0.6) is 0 Å². The molecule has 0 radical (unpaired) electrons. The predicted molar refractivity (Wildman–Crippen MR) is 114 cm³/mol. The third-order valence-corrected chi connectivity index (χ3v) is 5.87. The van der Waals surface area contributed by atoms with Gasteiger partial charge >= 0.3 is 0 Å². The molecule has 28 heavy (non-hydrogen) atoms. The van der Waals surface area contributed by atoms with Crippen molar-refractivity contribution in [2.24, 2.45) is 0 Å². The first kappa shape index (κ1) is 17.0. The van der Waals surface area contributed by atoms with E-state index in [1.807, 2.05) is 0 Å². The van der Waals surface area contributed by atoms with Crippen molar-refractivity contribution in [3.8, 4) is 0 Å². The Morgan fingerprint density at radius 3 is 0.857 bits per heavy atom. The third kappa shape index (κ3) is 1.96. The lowest BCUT2D eigenvalue weighted by atomic mass is 9.95. The Hall–Kier alpha value is -3.08. The molecule has 0 saturated heterocycles. The Morgan fingerprint density at radius 2 is 0.643 bits per heavy atom. The molecule has 0 N–H and O–H groups in total. The highest BCUT2D eigenvalue weighted by molar-refractivity contribution is 6.48. The van der Waals surface area contributed by atoms with Crippen LogP contribution in [0.25, 0.3) is 43.1 Å². The molecule has 0 amide bonds. The molecule has 0 aliphatic carbocycles. The van der Waals surface area contributed by atoms with Crippen LogP contribution in [-0.2, 0) is 0 Å². The maximum Gasteiger partial charge on any atom is 0.196 e. The maximum absolute atomic E-state index is 13.1. The number of rotatable bonds is 0. The second-order valence-corrected chi connectivity index (χ2v) is 7.29. The molecule has 134 valence electrons. The van der Waals surface area contributed by atoms with Gasteiger partial charge < -0.3 is 0 Å². The van der Waals surface area contributed by atoms with Gasteiger partial charge in [-0.15, -0.1) is 0 Å². The van der Waals surface area contributed by atoms with Gasteiger partial charge in [0.1, 0.15) is 0 Å². The molecule has 5 aromatic rings. The highest BCUT2D eigenvalue weighted by atomic mass is 35.5. The third-order valence-electron chi connectivity index (χ3n) is 5.12. The Labute approximate surface area is 165 Å². The van der Waals surface area contributed by atoms with Crippen LogP contribution in [0.3, 0.4) is 0 Å². The summed E-state index contributed by atoms with van der Waals surface area (Å²) in [6, 6.07) is 12.6. The number of fused-ring (bicyclic) bond motifs is 4. The average Bonchev–Trinajstić information content (AvgIpc) is 2.71. The van der Waals surface area contributed by atoms with Crippen molar-refractivity contribution in [2.45, 2.75) is 0 Å². The molecule has 0 aliphatic heterocycles. The zero-order valence-electron chi connectivity index (χ0n) is 14.0. The summed E-state index contributed by atoms with van der Waals surface area (Å²) in [5, 5.41) is -0.194. The van der Waals surface area contributed by atoms with E-state index in [-0.39, 0.29) is 53.1 Å². The molecule has 0 saturated carbocycles. The van der Waals surface area contributed by atoms with Crippen LogP contribution in [0.4, 0.5) is 0 Å². The first-order valence-corrected chi connectivity index (χ1v) is 9.11. The van der Waals surface area contributed by atoms with Gasteiger partial charge in [0.05, 0.1) is 31.6 Å². The molecule has 0 atom stereocenters. The molecule has 0 spiro atoms. The van der Waals surface area contributed by atoms with Gasteiger partial charge in [-0.2, -0.15) is 0 Å². The molecule has 0 aliphatic rings. The summed E-state index contributed by atoms with van der Waals surface area (Å²) in [6.07, 6.45) is 0. The second-order valence-electron chi connectivity index (χ2n) is 6.54. The molecule has 0 unspecified atom stereocenters. The maximum atomic E-state index is 13.1. The van der Waals surface area contributed by atoms with Crippen molar-refractivity contribution in [1.82, 2.24) is 0 Å². The number of hydrogen-bond acceptors (Lipinski definition) is 4. The molecule has 6 heteroatoms. The summed E-state index contributed by atoms with van der Waals surface area (Å²) < 4.78 is 0.